The molecule has 0 radical (unpaired) electrons. The lowest BCUT2D eigenvalue weighted by molar-refractivity contribution is 0.103. The summed E-state index contributed by atoms with van der Waals surface area (Å²) in [6.07, 6.45) is 2.39. The molecule has 4 rings (SSSR count). The van der Waals surface area contributed by atoms with Gasteiger partial charge in [-0.05, 0) is 42.5 Å². The van der Waals surface area contributed by atoms with Gasteiger partial charge in [-0.25, -0.2) is 4.98 Å². The second kappa shape index (κ2) is 8.24. The zero-order chi connectivity index (χ0) is 21.3. The maximum atomic E-state index is 13.1. The molecule has 5 nitrogen and oxygen atoms in total. The molecule has 2 heterocycles. The lowest BCUT2D eigenvalue weighted by Gasteiger charge is -2.12. The van der Waals surface area contributed by atoms with E-state index in [4.69, 9.17) is 0 Å². The SMILES string of the molecule is CCc1cccc(C)c1NC(=O)c1sc2ncn(Cc3ccccc3)c(=O)c2c1C. The minimum Gasteiger partial charge on any atom is -0.321 e. The number of fused-ring (bicyclic) bond motifs is 1. The third-order valence-electron chi connectivity index (χ3n) is 5.30. The first-order chi connectivity index (χ1) is 14.5. The first-order valence-corrected chi connectivity index (χ1v) is 10.7. The monoisotopic (exact) mass is 417 g/mol. The quantitative estimate of drug-likeness (QED) is 0.500. The molecule has 0 unspecified atom stereocenters. The molecule has 0 fully saturated rings. The Hall–Kier alpha value is -3.25. The minimum atomic E-state index is -0.200. The van der Waals surface area contributed by atoms with Crippen molar-refractivity contribution >= 4 is 33.1 Å². The van der Waals surface area contributed by atoms with Crippen LogP contribution < -0.4 is 10.9 Å². The van der Waals surface area contributed by atoms with Gasteiger partial charge in [-0.3, -0.25) is 14.2 Å². The van der Waals surface area contributed by atoms with Crippen LogP contribution in [0.15, 0.2) is 59.7 Å². The maximum Gasteiger partial charge on any atom is 0.266 e. The molecule has 0 saturated heterocycles. The normalized spacial score (nSPS) is 11.0. The number of nitrogens with zero attached hydrogens (tertiary/aromatic N) is 2. The smallest absolute Gasteiger partial charge is 0.266 e. The van der Waals surface area contributed by atoms with Crippen LogP contribution in [0.4, 0.5) is 5.69 Å². The van der Waals surface area contributed by atoms with Crippen LogP contribution in [-0.4, -0.2) is 15.5 Å². The fourth-order valence-corrected chi connectivity index (χ4v) is 4.68. The van der Waals surface area contributed by atoms with Gasteiger partial charge in [-0.2, -0.15) is 0 Å². The second-order valence-electron chi connectivity index (χ2n) is 7.32. The van der Waals surface area contributed by atoms with Crippen molar-refractivity contribution in [1.29, 1.82) is 0 Å². The molecular formula is C24H23N3O2S. The van der Waals surface area contributed by atoms with Crippen LogP contribution in [0.2, 0.25) is 0 Å². The number of hydrogen-bond acceptors (Lipinski definition) is 4. The Labute approximate surface area is 179 Å². The van der Waals surface area contributed by atoms with E-state index < -0.39 is 0 Å². The highest BCUT2D eigenvalue weighted by molar-refractivity contribution is 7.20. The van der Waals surface area contributed by atoms with E-state index in [0.29, 0.717) is 27.2 Å². The van der Waals surface area contributed by atoms with Crippen molar-refractivity contribution in [3.8, 4) is 0 Å². The molecule has 30 heavy (non-hydrogen) atoms. The molecule has 0 aliphatic rings. The summed E-state index contributed by atoms with van der Waals surface area (Å²) >= 11 is 1.26. The molecule has 0 aliphatic heterocycles. The van der Waals surface area contributed by atoms with Crippen LogP contribution in [0.25, 0.3) is 10.2 Å². The third kappa shape index (κ3) is 3.66. The summed E-state index contributed by atoms with van der Waals surface area (Å²) in [5.41, 5.74) is 4.53. The minimum absolute atomic E-state index is 0.123. The van der Waals surface area contributed by atoms with Gasteiger partial charge >= 0.3 is 0 Å². The van der Waals surface area contributed by atoms with Crippen molar-refractivity contribution in [1.82, 2.24) is 9.55 Å². The number of amides is 1. The number of anilines is 1. The molecule has 0 bridgehead atoms. The topological polar surface area (TPSA) is 64.0 Å². The summed E-state index contributed by atoms with van der Waals surface area (Å²) in [5, 5.41) is 3.57. The van der Waals surface area contributed by atoms with Gasteiger partial charge in [0.15, 0.2) is 0 Å². The molecule has 0 spiro atoms. The van der Waals surface area contributed by atoms with E-state index in [1.165, 1.54) is 11.3 Å². The fraction of sp³-hybridized carbons (Fsp3) is 0.208. The lowest BCUT2D eigenvalue weighted by Crippen LogP contribution is -2.21. The molecular weight excluding hydrogens is 394 g/mol. The van der Waals surface area contributed by atoms with Crippen LogP contribution in [0.3, 0.4) is 0 Å². The van der Waals surface area contributed by atoms with Crippen LogP contribution >= 0.6 is 11.3 Å². The Morgan fingerprint density at radius 1 is 1.10 bits per heavy atom. The standard InChI is InChI=1S/C24H23N3O2S/c1-4-18-12-8-9-15(2)20(18)26-22(28)21-16(3)19-23(30-21)25-14-27(24(19)29)13-17-10-6-5-7-11-17/h5-12,14H,4,13H2,1-3H3,(H,26,28). The summed E-state index contributed by atoms with van der Waals surface area (Å²) in [5.74, 6) is -0.200. The van der Waals surface area contributed by atoms with Crippen molar-refractivity contribution in [2.24, 2.45) is 0 Å². The van der Waals surface area contributed by atoms with Crippen LogP contribution in [0, 0.1) is 13.8 Å². The van der Waals surface area contributed by atoms with E-state index in [9.17, 15) is 9.59 Å². The van der Waals surface area contributed by atoms with E-state index in [2.05, 4.69) is 17.2 Å². The van der Waals surface area contributed by atoms with Crippen LogP contribution in [0.1, 0.15) is 38.8 Å². The molecule has 0 aliphatic carbocycles. The van der Waals surface area contributed by atoms with Crippen molar-refractivity contribution in [2.75, 3.05) is 5.32 Å². The number of aryl methyl sites for hydroxylation is 3. The fourth-order valence-electron chi connectivity index (χ4n) is 3.64. The number of rotatable bonds is 5. The van der Waals surface area contributed by atoms with Crippen molar-refractivity contribution in [3.63, 3.8) is 0 Å². The van der Waals surface area contributed by atoms with E-state index in [0.717, 1.165) is 28.8 Å². The summed E-state index contributed by atoms with van der Waals surface area (Å²) in [4.78, 5) is 31.8. The number of para-hydroxylation sites is 1. The highest BCUT2D eigenvalue weighted by atomic mass is 32.1. The summed E-state index contributed by atoms with van der Waals surface area (Å²) in [7, 11) is 0. The van der Waals surface area contributed by atoms with E-state index in [1.54, 1.807) is 10.9 Å². The van der Waals surface area contributed by atoms with Crippen LogP contribution in [-0.2, 0) is 13.0 Å². The first-order valence-electron chi connectivity index (χ1n) is 9.92. The third-order valence-corrected chi connectivity index (χ3v) is 6.50. The molecule has 1 N–H and O–H groups in total. The maximum absolute atomic E-state index is 13.1. The molecule has 4 aromatic rings. The van der Waals surface area contributed by atoms with Gasteiger partial charge in [0.2, 0.25) is 0 Å². The Balaban J connectivity index is 1.71. The average Bonchev–Trinajstić information content (AvgIpc) is 3.09. The Morgan fingerprint density at radius 3 is 2.60 bits per heavy atom. The summed E-state index contributed by atoms with van der Waals surface area (Å²) < 4.78 is 1.59. The largest absolute Gasteiger partial charge is 0.321 e. The second-order valence-corrected chi connectivity index (χ2v) is 8.32. The predicted octanol–water partition coefficient (Wildman–Crippen LogP) is 4.94. The summed E-state index contributed by atoms with van der Waals surface area (Å²) in [6.45, 7) is 6.31. The van der Waals surface area contributed by atoms with Gasteiger partial charge in [-0.15, -0.1) is 11.3 Å². The van der Waals surface area contributed by atoms with Crippen molar-refractivity contribution < 1.29 is 4.79 Å². The number of hydrogen-bond donors (Lipinski definition) is 1. The van der Waals surface area contributed by atoms with Gasteiger partial charge in [0.05, 0.1) is 23.1 Å². The highest BCUT2D eigenvalue weighted by Gasteiger charge is 2.20. The average molecular weight is 418 g/mol. The number of benzene rings is 2. The molecule has 0 saturated carbocycles. The Kier molecular flexibility index (Phi) is 5.50. The number of aromatic nitrogens is 2. The Morgan fingerprint density at radius 2 is 1.87 bits per heavy atom. The number of carbonyl (C=O) groups excluding carboxylic acids is 1. The van der Waals surface area contributed by atoms with Gasteiger partial charge in [-0.1, -0.05) is 55.5 Å². The predicted molar refractivity (Wildman–Crippen MR) is 123 cm³/mol. The molecule has 6 heteroatoms. The highest BCUT2D eigenvalue weighted by Crippen LogP contribution is 2.29. The van der Waals surface area contributed by atoms with Crippen molar-refractivity contribution in [3.05, 3.63) is 92.3 Å². The van der Waals surface area contributed by atoms with E-state index in [1.807, 2.05) is 62.4 Å². The van der Waals surface area contributed by atoms with Gasteiger partial charge in [0.1, 0.15) is 4.83 Å². The van der Waals surface area contributed by atoms with E-state index in [-0.39, 0.29) is 11.5 Å². The Bertz CT molecular complexity index is 1290. The first kappa shape index (κ1) is 20.0. The van der Waals surface area contributed by atoms with Crippen molar-refractivity contribution in [2.45, 2.75) is 33.7 Å². The molecule has 2 aromatic carbocycles. The molecule has 0 atom stereocenters. The summed E-state index contributed by atoms with van der Waals surface area (Å²) in [6, 6.07) is 15.8. The molecule has 1 amide bonds. The lowest BCUT2D eigenvalue weighted by atomic mass is 10.1. The van der Waals surface area contributed by atoms with Gasteiger partial charge in [0, 0.05) is 5.69 Å². The number of carbonyl (C=O) groups is 1. The number of thiophene rings is 1. The molecule has 152 valence electrons. The zero-order valence-corrected chi connectivity index (χ0v) is 18.0. The van der Waals surface area contributed by atoms with Crippen LogP contribution in [0.5, 0.6) is 0 Å². The molecule has 2 aromatic heterocycles. The van der Waals surface area contributed by atoms with Gasteiger partial charge in [0.25, 0.3) is 11.5 Å². The number of nitrogens with one attached hydrogen (secondary N) is 1. The zero-order valence-electron chi connectivity index (χ0n) is 17.2. The van der Waals surface area contributed by atoms with E-state index >= 15 is 0 Å². The van der Waals surface area contributed by atoms with Gasteiger partial charge < -0.3 is 5.32 Å².